The standard InChI is InChI=1S/C40H65N11O19S2/c1-16(2)10-23-36(65)43-17(3)31(60)42-11-27(55)45-26(40(69)70)15-72-71-14-20(41)33(62)51-30(19(5)54)39(68)47-21(6-8-28(56)57)34(63)44-18(4)32(61)49-24(12-52)37(66)46-22(7-9-29(58)59)35(64)50-25(13-53)38(67)48-23/h16-26,30,52-54H,6-15,41H2,1-5H3,(H,42,60)(H,43,65)(H,44,63)(H,45,55)(H,46,66)(H,47,68)(H,48,67)(H,49,61)(H,50,64)(H,51,62)(H,56,57)(H,58,59)(H,69,70)/t17-,18-,19+,20-,21-,22-,23-,24-,25-,26-,30-/m0/s1. The molecule has 1 saturated heterocycles. The molecule has 30 nitrogen and oxygen atoms in total. The van der Waals surface area contributed by atoms with Crippen molar-refractivity contribution in [3.8, 4) is 0 Å². The first-order valence-electron chi connectivity index (χ1n) is 22.2. The van der Waals surface area contributed by atoms with Gasteiger partial charge in [-0.15, -0.1) is 0 Å². The van der Waals surface area contributed by atoms with Crippen LogP contribution in [0.25, 0.3) is 0 Å². The zero-order valence-electron chi connectivity index (χ0n) is 39.9. The lowest BCUT2D eigenvalue weighted by Gasteiger charge is -2.27. The third-order valence-electron chi connectivity index (χ3n) is 10.1. The Hall–Kier alpha value is -6.35. The molecule has 72 heavy (non-hydrogen) atoms. The van der Waals surface area contributed by atoms with Crippen LogP contribution in [-0.2, 0) is 62.3 Å². The number of aliphatic hydroxyl groups is 3. The Morgan fingerprint density at radius 1 is 0.556 bits per heavy atom. The molecule has 32 heteroatoms. The van der Waals surface area contributed by atoms with E-state index < -0.39 is 189 Å². The second kappa shape index (κ2) is 31.9. The number of carboxylic acid groups (broad SMARTS) is 3. The van der Waals surface area contributed by atoms with Gasteiger partial charge in [-0.3, -0.25) is 57.5 Å². The van der Waals surface area contributed by atoms with Crippen LogP contribution in [-0.4, -0.2) is 205 Å². The number of aliphatic carboxylic acids is 3. The van der Waals surface area contributed by atoms with Gasteiger partial charge in [-0.2, -0.15) is 0 Å². The number of nitrogens with two attached hydrogens (primary N) is 1. The fraction of sp³-hybridized carbons (Fsp3) is 0.675. The second-order valence-electron chi connectivity index (χ2n) is 16.7. The Balaban J connectivity index is 3.62. The fourth-order valence-electron chi connectivity index (χ4n) is 6.02. The van der Waals surface area contributed by atoms with Crippen LogP contribution >= 0.6 is 21.6 Å². The minimum Gasteiger partial charge on any atom is -0.481 e. The summed E-state index contributed by atoms with van der Waals surface area (Å²) in [5.74, 6) is -16.2. The maximum absolute atomic E-state index is 13.5. The number of nitrogens with one attached hydrogen (secondary N) is 10. The van der Waals surface area contributed by atoms with Gasteiger partial charge in [-0.1, -0.05) is 35.4 Å². The van der Waals surface area contributed by atoms with Crippen molar-refractivity contribution in [2.75, 3.05) is 31.3 Å². The zero-order chi connectivity index (χ0) is 55.0. The van der Waals surface area contributed by atoms with E-state index in [0.29, 0.717) is 0 Å². The average Bonchev–Trinajstić information content (AvgIpc) is 3.29. The molecule has 0 saturated carbocycles. The highest BCUT2D eigenvalue weighted by Gasteiger charge is 2.35. The summed E-state index contributed by atoms with van der Waals surface area (Å²) in [7, 11) is 1.74. The SMILES string of the molecule is CC(C)C[C@@H]1NC(=O)[C@H](CO)NC(=O)[C@H](CCC(=O)O)NC(=O)[C@H](CO)NC(=O)[C@H](C)NC(=O)[C@H](CCC(=O)O)NC(=O)[C@H]([C@@H](C)O)NC(=O)[C@@H](N)CSSC[C@@H](C(=O)O)NC(=O)CNC(=O)[C@H](C)NC1=O. The summed E-state index contributed by atoms with van der Waals surface area (Å²) >= 11 is 0. The normalized spacial score (nSPS) is 27.8. The molecule has 0 unspecified atom stereocenters. The molecule has 0 radical (unpaired) electrons. The maximum Gasteiger partial charge on any atom is 0.327 e. The summed E-state index contributed by atoms with van der Waals surface area (Å²) in [5.41, 5.74) is 5.97. The van der Waals surface area contributed by atoms with Gasteiger partial charge in [0.1, 0.15) is 54.4 Å². The van der Waals surface area contributed by atoms with Gasteiger partial charge < -0.3 is 89.5 Å². The lowest BCUT2D eigenvalue weighted by molar-refractivity contribution is -0.141. The lowest BCUT2D eigenvalue weighted by atomic mass is 10.0. The van der Waals surface area contributed by atoms with Crippen molar-refractivity contribution >= 4 is 98.6 Å². The van der Waals surface area contributed by atoms with Crippen molar-refractivity contribution in [1.82, 2.24) is 53.2 Å². The van der Waals surface area contributed by atoms with Crippen LogP contribution in [0.2, 0.25) is 0 Å². The van der Waals surface area contributed by atoms with Gasteiger partial charge >= 0.3 is 17.9 Å². The molecular weight excluding hydrogens is 1000 g/mol. The molecule has 1 fully saturated rings. The number of aliphatic hydroxyl groups excluding tert-OH is 3. The maximum atomic E-state index is 13.5. The highest BCUT2D eigenvalue weighted by Crippen LogP contribution is 2.23. The van der Waals surface area contributed by atoms with E-state index in [0.717, 1.165) is 35.4 Å². The number of carbonyl (C=O) groups is 13. The monoisotopic (exact) mass is 1070 g/mol. The molecule has 10 amide bonds. The number of amides is 10. The van der Waals surface area contributed by atoms with E-state index in [1.165, 1.54) is 6.92 Å². The van der Waals surface area contributed by atoms with Crippen LogP contribution in [0, 0.1) is 5.92 Å². The molecule has 0 aliphatic carbocycles. The molecule has 0 aromatic carbocycles. The van der Waals surface area contributed by atoms with E-state index in [1.54, 1.807) is 13.8 Å². The van der Waals surface area contributed by atoms with Crippen LogP contribution in [0.4, 0.5) is 0 Å². The quantitative estimate of drug-likeness (QED) is 0.0807. The molecule has 406 valence electrons. The van der Waals surface area contributed by atoms with Crippen LogP contribution in [0.1, 0.15) is 66.7 Å². The predicted molar refractivity (Wildman–Crippen MR) is 251 cm³/mol. The number of rotatable bonds is 12. The van der Waals surface area contributed by atoms with Crippen molar-refractivity contribution in [2.45, 2.75) is 133 Å². The molecule has 11 atom stereocenters. The van der Waals surface area contributed by atoms with Gasteiger partial charge in [0.2, 0.25) is 59.1 Å². The molecule has 0 bridgehead atoms. The highest BCUT2D eigenvalue weighted by molar-refractivity contribution is 8.76. The van der Waals surface area contributed by atoms with Crippen LogP contribution in [0.5, 0.6) is 0 Å². The van der Waals surface area contributed by atoms with Gasteiger partial charge in [0.05, 0.1) is 31.9 Å². The third-order valence-corrected chi connectivity index (χ3v) is 12.5. The third kappa shape index (κ3) is 23.3. The van der Waals surface area contributed by atoms with Crippen LogP contribution in [0.3, 0.4) is 0 Å². The van der Waals surface area contributed by atoms with Crippen LogP contribution in [0.15, 0.2) is 0 Å². The largest absolute Gasteiger partial charge is 0.481 e. The van der Waals surface area contributed by atoms with E-state index in [4.69, 9.17) is 5.73 Å². The summed E-state index contributed by atoms with van der Waals surface area (Å²) in [6.45, 7) is 3.71. The molecular formula is C40H65N11O19S2. The number of hydrogen-bond acceptors (Lipinski definition) is 19. The molecule has 0 spiro atoms. The topological polar surface area (TPSA) is 490 Å². The van der Waals surface area contributed by atoms with Crippen molar-refractivity contribution in [2.24, 2.45) is 11.7 Å². The number of carboxylic acids is 3. The molecule has 0 aromatic heterocycles. The zero-order valence-corrected chi connectivity index (χ0v) is 41.5. The minimum atomic E-state index is -1.90. The van der Waals surface area contributed by atoms with E-state index in [-0.39, 0.29) is 23.8 Å². The summed E-state index contributed by atoms with van der Waals surface area (Å²) in [4.78, 5) is 167. The Morgan fingerprint density at radius 3 is 1.44 bits per heavy atom. The van der Waals surface area contributed by atoms with E-state index in [2.05, 4.69) is 53.2 Å². The summed E-state index contributed by atoms with van der Waals surface area (Å²) in [6.07, 6.45) is -4.47. The van der Waals surface area contributed by atoms with E-state index in [9.17, 15) is 93.0 Å². The van der Waals surface area contributed by atoms with E-state index >= 15 is 0 Å². The molecule has 1 heterocycles. The van der Waals surface area contributed by atoms with Crippen molar-refractivity contribution in [3.63, 3.8) is 0 Å². The highest BCUT2D eigenvalue weighted by atomic mass is 33.1. The first kappa shape index (κ1) is 63.7. The van der Waals surface area contributed by atoms with Gasteiger partial charge in [0.15, 0.2) is 0 Å². The number of hydrogen-bond donors (Lipinski definition) is 17. The first-order valence-corrected chi connectivity index (χ1v) is 24.7. The van der Waals surface area contributed by atoms with Crippen molar-refractivity contribution < 1.29 is 93.0 Å². The molecule has 1 aliphatic heterocycles. The second-order valence-corrected chi connectivity index (χ2v) is 19.3. The lowest BCUT2D eigenvalue weighted by Crippen LogP contribution is -2.61. The Morgan fingerprint density at radius 2 is 0.972 bits per heavy atom. The Kier molecular flexibility index (Phi) is 28.2. The molecule has 1 rings (SSSR count). The van der Waals surface area contributed by atoms with Crippen LogP contribution < -0.4 is 58.9 Å². The van der Waals surface area contributed by atoms with E-state index in [1.807, 2.05) is 0 Å². The van der Waals surface area contributed by atoms with Gasteiger partial charge in [0, 0.05) is 24.3 Å². The minimum absolute atomic E-state index is 0.0639. The van der Waals surface area contributed by atoms with Gasteiger partial charge in [-0.25, -0.2) is 4.79 Å². The smallest absolute Gasteiger partial charge is 0.327 e. The summed E-state index contributed by atoms with van der Waals surface area (Å²) in [5, 5.41) is 81.0. The summed E-state index contributed by atoms with van der Waals surface area (Å²) < 4.78 is 0. The molecule has 1 aliphatic rings. The average molecular weight is 1070 g/mol. The molecule has 18 N–H and O–H groups in total. The Bertz CT molecular complexity index is 1980. The van der Waals surface area contributed by atoms with Crippen molar-refractivity contribution in [1.29, 1.82) is 0 Å². The predicted octanol–water partition coefficient (Wildman–Crippen LogP) is -7.55. The van der Waals surface area contributed by atoms with Crippen molar-refractivity contribution in [3.05, 3.63) is 0 Å². The number of carbonyl (C=O) groups excluding carboxylic acids is 10. The van der Waals surface area contributed by atoms with Gasteiger partial charge in [-0.05, 0) is 46.0 Å². The Labute approximate surface area is 419 Å². The van der Waals surface area contributed by atoms with Gasteiger partial charge in [0.25, 0.3) is 0 Å². The molecule has 0 aromatic rings. The fourth-order valence-corrected chi connectivity index (χ4v) is 8.30. The first-order chi connectivity index (χ1) is 33.6. The summed E-state index contributed by atoms with van der Waals surface area (Å²) in [6, 6.07) is -16.5.